The lowest BCUT2D eigenvalue weighted by atomic mass is 9.87. The van der Waals surface area contributed by atoms with Gasteiger partial charge in [-0.05, 0) is 55.5 Å². The van der Waals surface area contributed by atoms with Crippen molar-refractivity contribution in [2.24, 2.45) is 0 Å². The molecule has 1 N–H and O–H groups in total. The summed E-state index contributed by atoms with van der Waals surface area (Å²) in [6, 6.07) is 13.7. The van der Waals surface area contributed by atoms with Crippen molar-refractivity contribution >= 4 is 5.91 Å². The SMILES string of the molecule is CCOc1ccc(C(=O)N[C@@H]2CCCc3ccccc32)cc1OC. The number of methoxy groups -OCH3 is 1. The Labute approximate surface area is 142 Å². The summed E-state index contributed by atoms with van der Waals surface area (Å²) in [6.07, 6.45) is 3.14. The Bertz CT molecular complexity index is 727. The first kappa shape index (κ1) is 16.4. The van der Waals surface area contributed by atoms with E-state index in [1.54, 1.807) is 25.3 Å². The molecule has 1 aliphatic rings. The topological polar surface area (TPSA) is 47.6 Å². The first-order valence-corrected chi connectivity index (χ1v) is 8.42. The van der Waals surface area contributed by atoms with Crippen LogP contribution in [0.15, 0.2) is 42.5 Å². The van der Waals surface area contributed by atoms with Gasteiger partial charge in [0.05, 0.1) is 19.8 Å². The number of nitrogens with one attached hydrogen (secondary N) is 1. The molecular weight excluding hydrogens is 302 g/mol. The number of amides is 1. The summed E-state index contributed by atoms with van der Waals surface area (Å²) in [5.74, 6) is 1.14. The highest BCUT2D eigenvalue weighted by atomic mass is 16.5. The van der Waals surface area contributed by atoms with Crippen LogP contribution in [0, 0.1) is 0 Å². The summed E-state index contributed by atoms with van der Waals surface area (Å²) in [7, 11) is 1.58. The Balaban J connectivity index is 1.78. The summed E-state index contributed by atoms with van der Waals surface area (Å²) < 4.78 is 10.8. The lowest BCUT2D eigenvalue weighted by molar-refractivity contribution is 0.0932. The number of rotatable bonds is 5. The van der Waals surface area contributed by atoms with E-state index in [1.165, 1.54) is 11.1 Å². The van der Waals surface area contributed by atoms with Gasteiger partial charge in [0.1, 0.15) is 0 Å². The van der Waals surface area contributed by atoms with E-state index >= 15 is 0 Å². The van der Waals surface area contributed by atoms with Crippen molar-refractivity contribution in [3.8, 4) is 11.5 Å². The number of benzene rings is 2. The summed E-state index contributed by atoms with van der Waals surface area (Å²) in [5.41, 5.74) is 3.15. The molecule has 1 aliphatic carbocycles. The first-order chi connectivity index (χ1) is 11.7. The molecule has 0 unspecified atom stereocenters. The third-order valence-electron chi connectivity index (χ3n) is 4.40. The van der Waals surface area contributed by atoms with E-state index in [9.17, 15) is 4.79 Å². The second-order valence-corrected chi connectivity index (χ2v) is 5.92. The molecule has 0 radical (unpaired) electrons. The molecule has 3 rings (SSSR count). The van der Waals surface area contributed by atoms with E-state index in [-0.39, 0.29) is 11.9 Å². The molecule has 0 spiro atoms. The fourth-order valence-corrected chi connectivity index (χ4v) is 3.23. The molecule has 0 aliphatic heterocycles. The van der Waals surface area contributed by atoms with Crippen LogP contribution in [-0.4, -0.2) is 19.6 Å². The van der Waals surface area contributed by atoms with Gasteiger partial charge in [-0.1, -0.05) is 24.3 Å². The molecule has 1 amide bonds. The Morgan fingerprint density at radius 1 is 1.21 bits per heavy atom. The molecule has 4 heteroatoms. The number of hydrogen-bond donors (Lipinski definition) is 1. The molecule has 0 bridgehead atoms. The van der Waals surface area contributed by atoms with Crippen LogP contribution in [0.2, 0.25) is 0 Å². The maximum Gasteiger partial charge on any atom is 0.251 e. The van der Waals surface area contributed by atoms with E-state index < -0.39 is 0 Å². The smallest absolute Gasteiger partial charge is 0.251 e. The predicted molar refractivity (Wildman–Crippen MR) is 93.8 cm³/mol. The minimum Gasteiger partial charge on any atom is -0.493 e. The van der Waals surface area contributed by atoms with Crippen LogP contribution in [-0.2, 0) is 6.42 Å². The zero-order valence-corrected chi connectivity index (χ0v) is 14.2. The summed E-state index contributed by atoms with van der Waals surface area (Å²) in [4.78, 5) is 12.7. The Kier molecular flexibility index (Phi) is 5.04. The van der Waals surface area contributed by atoms with Crippen LogP contribution in [0.1, 0.15) is 47.3 Å². The number of fused-ring (bicyclic) bond motifs is 1. The van der Waals surface area contributed by atoms with Gasteiger partial charge in [-0.15, -0.1) is 0 Å². The average molecular weight is 325 g/mol. The first-order valence-electron chi connectivity index (χ1n) is 8.42. The van der Waals surface area contributed by atoms with Crippen molar-refractivity contribution in [3.63, 3.8) is 0 Å². The fraction of sp³-hybridized carbons (Fsp3) is 0.350. The van der Waals surface area contributed by atoms with Gasteiger partial charge in [0.2, 0.25) is 0 Å². The van der Waals surface area contributed by atoms with Crippen molar-refractivity contribution in [1.29, 1.82) is 0 Å². The molecule has 0 saturated heterocycles. The zero-order chi connectivity index (χ0) is 16.9. The van der Waals surface area contributed by atoms with E-state index in [4.69, 9.17) is 9.47 Å². The highest BCUT2D eigenvalue weighted by Gasteiger charge is 2.22. The van der Waals surface area contributed by atoms with E-state index in [0.717, 1.165) is 19.3 Å². The lowest BCUT2D eigenvalue weighted by Gasteiger charge is -2.26. The van der Waals surface area contributed by atoms with Gasteiger partial charge in [-0.25, -0.2) is 0 Å². The lowest BCUT2D eigenvalue weighted by Crippen LogP contribution is -2.31. The second kappa shape index (κ2) is 7.39. The molecule has 0 fully saturated rings. The van der Waals surface area contributed by atoms with Gasteiger partial charge in [0, 0.05) is 5.56 Å². The number of ether oxygens (including phenoxy) is 2. The minimum absolute atomic E-state index is 0.0695. The third kappa shape index (κ3) is 3.37. The minimum atomic E-state index is -0.0851. The van der Waals surface area contributed by atoms with Crippen molar-refractivity contribution in [2.75, 3.05) is 13.7 Å². The molecule has 24 heavy (non-hydrogen) atoms. The van der Waals surface area contributed by atoms with Crippen molar-refractivity contribution < 1.29 is 14.3 Å². The van der Waals surface area contributed by atoms with Crippen molar-refractivity contribution in [3.05, 3.63) is 59.2 Å². The second-order valence-electron chi connectivity index (χ2n) is 5.92. The molecular formula is C20H23NO3. The van der Waals surface area contributed by atoms with Crippen molar-refractivity contribution in [2.45, 2.75) is 32.2 Å². The molecule has 2 aromatic carbocycles. The van der Waals surface area contributed by atoms with Crippen LogP contribution >= 0.6 is 0 Å². The van der Waals surface area contributed by atoms with Gasteiger partial charge in [-0.3, -0.25) is 4.79 Å². The highest BCUT2D eigenvalue weighted by Crippen LogP contribution is 2.31. The molecule has 0 aromatic heterocycles. The molecule has 2 aromatic rings. The average Bonchev–Trinajstić information content (AvgIpc) is 2.62. The summed E-state index contributed by atoms with van der Waals surface area (Å²) >= 11 is 0. The zero-order valence-electron chi connectivity index (χ0n) is 14.2. The summed E-state index contributed by atoms with van der Waals surface area (Å²) in [6.45, 7) is 2.47. The Hall–Kier alpha value is -2.49. The monoisotopic (exact) mass is 325 g/mol. The highest BCUT2D eigenvalue weighted by molar-refractivity contribution is 5.95. The normalized spacial score (nSPS) is 16.2. The summed E-state index contributed by atoms with van der Waals surface area (Å²) in [5, 5.41) is 3.16. The van der Waals surface area contributed by atoms with Gasteiger partial charge in [0.15, 0.2) is 11.5 Å². The molecule has 126 valence electrons. The Morgan fingerprint density at radius 2 is 2.04 bits per heavy atom. The fourth-order valence-electron chi connectivity index (χ4n) is 3.23. The quantitative estimate of drug-likeness (QED) is 0.907. The maximum atomic E-state index is 12.7. The van der Waals surface area contributed by atoms with Gasteiger partial charge >= 0.3 is 0 Å². The number of carbonyl (C=O) groups excluding carboxylic acids is 1. The van der Waals surface area contributed by atoms with E-state index in [1.807, 2.05) is 13.0 Å². The predicted octanol–water partition coefficient (Wildman–Crippen LogP) is 3.90. The molecule has 1 atom stereocenters. The maximum absolute atomic E-state index is 12.7. The Morgan fingerprint density at radius 3 is 2.83 bits per heavy atom. The van der Waals surface area contributed by atoms with Crippen molar-refractivity contribution in [1.82, 2.24) is 5.32 Å². The van der Waals surface area contributed by atoms with Gasteiger partial charge < -0.3 is 14.8 Å². The van der Waals surface area contributed by atoms with Crippen LogP contribution in [0.3, 0.4) is 0 Å². The molecule has 4 nitrogen and oxygen atoms in total. The number of carbonyl (C=O) groups is 1. The van der Waals surface area contributed by atoms with Crippen LogP contribution in [0.25, 0.3) is 0 Å². The van der Waals surface area contributed by atoms with Crippen LogP contribution in [0.5, 0.6) is 11.5 Å². The number of aryl methyl sites for hydroxylation is 1. The standard InChI is InChI=1S/C20H23NO3/c1-3-24-18-12-11-15(13-19(18)23-2)20(22)21-17-10-6-8-14-7-4-5-9-16(14)17/h4-5,7,9,11-13,17H,3,6,8,10H2,1-2H3,(H,21,22)/t17-/m1/s1. The molecule has 0 saturated carbocycles. The van der Waals surface area contributed by atoms with E-state index in [2.05, 4.69) is 23.5 Å². The molecule has 0 heterocycles. The van der Waals surface area contributed by atoms with Gasteiger partial charge in [0.25, 0.3) is 5.91 Å². The van der Waals surface area contributed by atoms with Crippen LogP contribution < -0.4 is 14.8 Å². The van der Waals surface area contributed by atoms with E-state index in [0.29, 0.717) is 23.7 Å². The van der Waals surface area contributed by atoms with Gasteiger partial charge in [-0.2, -0.15) is 0 Å². The third-order valence-corrected chi connectivity index (χ3v) is 4.40. The largest absolute Gasteiger partial charge is 0.493 e. The van der Waals surface area contributed by atoms with Crippen LogP contribution in [0.4, 0.5) is 0 Å². The number of hydrogen-bond acceptors (Lipinski definition) is 3.